The van der Waals surface area contributed by atoms with Crippen LogP contribution in [0.4, 0.5) is 5.69 Å². The topological polar surface area (TPSA) is 189 Å². The van der Waals surface area contributed by atoms with E-state index in [9.17, 15) is 28.7 Å². The number of hydrogen-bond acceptors (Lipinski definition) is 9. The van der Waals surface area contributed by atoms with Crippen molar-refractivity contribution in [2.45, 2.75) is 30.6 Å². The molecular weight excluding hydrogens is 364 g/mol. The number of aliphatic hydroxyl groups excluding tert-OH is 3. The smallest absolute Gasteiger partial charge is 0.333 e. The highest BCUT2D eigenvalue weighted by Gasteiger charge is 2.47. The van der Waals surface area contributed by atoms with E-state index in [1.807, 2.05) is 0 Å². The van der Waals surface area contributed by atoms with E-state index in [-0.39, 0.29) is 11.4 Å². The van der Waals surface area contributed by atoms with Crippen LogP contribution in [0.15, 0.2) is 24.3 Å². The van der Waals surface area contributed by atoms with E-state index in [4.69, 9.17) is 19.1 Å². The molecule has 1 aliphatic rings. The number of nitro groups is 1. The van der Waals surface area contributed by atoms with Crippen LogP contribution in [0.25, 0.3) is 0 Å². The molecule has 1 heterocycles. The third-order valence-corrected chi connectivity index (χ3v) is 4.04. The molecule has 1 aromatic rings. The van der Waals surface area contributed by atoms with Crippen LogP contribution in [-0.4, -0.2) is 70.5 Å². The van der Waals surface area contributed by atoms with Gasteiger partial charge in [0.05, 0.1) is 11.5 Å². The van der Waals surface area contributed by atoms with E-state index in [0.717, 1.165) is 12.1 Å². The van der Waals surface area contributed by atoms with Gasteiger partial charge >= 0.3 is 10.3 Å². The van der Waals surface area contributed by atoms with Crippen molar-refractivity contribution in [1.29, 1.82) is 0 Å². The van der Waals surface area contributed by atoms with E-state index in [2.05, 4.69) is 0 Å². The molecule has 12 nitrogen and oxygen atoms in total. The molecule has 0 saturated carbocycles. The largest absolute Gasteiger partial charge is 0.463 e. The van der Waals surface area contributed by atoms with Gasteiger partial charge in [0.1, 0.15) is 30.1 Å². The second-order valence-electron chi connectivity index (χ2n) is 5.19. The monoisotopic (exact) mass is 380 g/mol. The fourth-order valence-corrected chi connectivity index (χ4v) is 2.86. The number of nitrogens with zero attached hydrogens (tertiary/aromatic N) is 1. The van der Waals surface area contributed by atoms with E-state index in [0.29, 0.717) is 0 Å². The lowest BCUT2D eigenvalue weighted by atomic mass is 9.98. The molecule has 0 unspecified atom stereocenters. The second kappa shape index (κ2) is 7.57. The zero-order valence-corrected chi connectivity index (χ0v) is 13.3. The number of nitro benzene ring substituents is 1. The van der Waals surface area contributed by atoms with E-state index >= 15 is 0 Å². The fraction of sp³-hybridized carbons (Fsp3) is 0.500. The van der Waals surface area contributed by atoms with Crippen LogP contribution < -0.4 is 9.46 Å². The molecule has 0 aliphatic carbocycles. The van der Waals surface area contributed by atoms with Gasteiger partial charge in [-0.1, -0.05) is 0 Å². The number of aliphatic hydroxyl groups is 3. The Kier molecular flexibility index (Phi) is 5.89. The SMILES string of the molecule is O=[N+]([O-])c1ccc(O[C@@H]2O[C@H](CO)[C@@H](O)[C@H](O)[C@H]2NS(=O)(=O)O)cc1. The molecule has 0 spiro atoms. The van der Waals surface area contributed by atoms with Gasteiger partial charge in [-0.25, -0.2) is 0 Å². The summed E-state index contributed by atoms with van der Waals surface area (Å²) in [7, 11) is -4.78. The van der Waals surface area contributed by atoms with Crippen LogP contribution in [0.2, 0.25) is 0 Å². The normalized spacial score (nSPS) is 30.0. The van der Waals surface area contributed by atoms with Gasteiger partial charge in [0.25, 0.3) is 5.69 Å². The highest BCUT2D eigenvalue weighted by atomic mass is 32.2. The minimum atomic E-state index is -4.78. The number of hydrogen-bond donors (Lipinski definition) is 5. The number of rotatable bonds is 6. The molecule has 1 saturated heterocycles. The lowest BCUT2D eigenvalue weighted by molar-refractivity contribution is -0.384. The molecular formula is C12H16N2O10S. The van der Waals surface area contributed by atoms with Crippen LogP contribution in [0.5, 0.6) is 5.75 Å². The van der Waals surface area contributed by atoms with E-state index < -0.39 is 52.5 Å². The zero-order valence-electron chi connectivity index (χ0n) is 12.5. The molecule has 1 fully saturated rings. The fourth-order valence-electron chi connectivity index (χ4n) is 2.26. The number of non-ortho nitro benzene ring substituents is 1. The molecule has 1 aromatic carbocycles. The van der Waals surface area contributed by atoms with Crippen LogP contribution in [0.3, 0.4) is 0 Å². The van der Waals surface area contributed by atoms with Gasteiger partial charge in [-0.3, -0.25) is 14.7 Å². The maximum atomic E-state index is 11.0. The Morgan fingerprint density at radius 2 is 1.84 bits per heavy atom. The first kappa shape index (κ1) is 19.5. The average molecular weight is 380 g/mol. The summed E-state index contributed by atoms with van der Waals surface area (Å²) in [6.45, 7) is -0.697. The molecule has 1 aliphatic heterocycles. The van der Waals surface area contributed by atoms with Crippen molar-refractivity contribution in [1.82, 2.24) is 4.72 Å². The van der Waals surface area contributed by atoms with Crippen LogP contribution in [0, 0.1) is 10.1 Å². The predicted molar refractivity (Wildman–Crippen MR) is 80.0 cm³/mol. The molecule has 5 atom stereocenters. The quantitative estimate of drug-likeness (QED) is 0.213. The van der Waals surface area contributed by atoms with Gasteiger partial charge in [-0.15, -0.1) is 0 Å². The van der Waals surface area contributed by atoms with Gasteiger partial charge in [0, 0.05) is 12.1 Å². The van der Waals surface area contributed by atoms with Crippen molar-refractivity contribution < 1.29 is 42.7 Å². The Bertz CT molecular complexity index is 709. The predicted octanol–water partition coefficient (Wildman–Crippen LogP) is -1.83. The third kappa shape index (κ3) is 4.82. The van der Waals surface area contributed by atoms with Gasteiger partial charge in [-0.05, 0) is 12.1 Å². The Morgan fingerprint density at radius 1 is 1.24 bits per heavy atom. The van der Waals surface area contributed by atoms with Crippen molar-refractivity contribution in [2.75, 3.05) is 6.61 Å². The Balaban J connectivity index is 2.24. The minimum Gasteiger partial charge on any atom is -0.463 e. The summed E-state index contributed by atoms with van der Waals surface area (Å²) >= 11 is 0. The lowest BCUT2D eigenvalue weighted by Crippen LogP contribution is -2.65. The van der Waals surface area contributed by atoms with Crippen LogP contribution in [-0.2, 0) is 15.0 Å². The zero-order chi connectivity index (χ0) is 18.8. The Labute approximate surface area is 141 Å². The average Bonchev–Trinajstić information content (AvgIpc) is 2.53. The Hall–Kier alpha value is -1.87. The van der Waals surface area contributed by atoms with Gasteiger partial charge in [0.2, 0.25) is 6.29 Å². The molecule has 2 rings (SSSR count). The lowest BCUT2D eigenvalue weighted by Gasteiger charge is -2.41. The number of nitrogens with one attached hydrogen (secondary N) is 1. The molecule has 25 heavy (non-hydrogen) atoms. The van der Waals surface area contributed by atoms with Crippen LogP contribution in [0.1, 0.15) is 0 Å². The summed E-state index contributed by atoms with van der Waals surface area (Å²) < 4.78 is 43.2. The highest BCUT2D eigenvalue weighted by molar-refractivity contribution is 7.83. The summed E-state index contributed by atoms with van der Waals surface area (Å²) in [5.74, 6) is 0.0259. The summed E-state index contributed by atoms with van der Waals surface area (Å²) in [5.41, 5.74) is -0.215. The molecule has 0 aromatic heterocycles. The molecule has 0 bridgehead atoms. The van der Waals surface area contributed by atoms with Crippen molar-refractivity contribution in [2.24, 2.45) is 0 Å². The molecule has 0 amide bonds. The standard InChI is InChI=1S/C12H16N2O10S/c15-5-8-10(16)11(17)9(13-25(20,21)22)12(24-8)23-7-3-1-6(2-4-7)14(18)19/h1-4,8-13,15-17H,5H2,(H,20,21,22)/t8-,9-,10-,11-,12-/m1/s1. The van der Waals surface area contributed by atoms with Gasteiger partial charge in [-0.2, -0.15) is 13.1 Å². The summed E-state index contributed by atoms with van der Waals surface area (Å²) in [6, 6.07) is 3.05. The maximum Gasteiger partial charge on any atom is 0.333 e. The number of ether oxygens (including phenoxy) is 2. The van der Waals surface area contributed by atoms with Crippen LogP contribution >= 0.6 is 0 Å². The van der Waals surface area contributed by atoms with Crippen molar-refractivity contribution in [3.63, 3.8) is 0 Å². The molecule has 140 valence electrons. The third-order valence-electron chi connectivity index (χ3n) is 3.47. The van der Waals surface area contributed by atoms with Crippen molar-refractivity contribution in [3.05, 3.63) is 34.4 Å². The van der Waals surface area contributed by atoms with Gasteiger partial charge in [0.15, 0.2) is 0 Å². The number of benzene rings is 1. The first-order valence-electron chi connectivity index (χ1n) is 6.90. The second-order valence-corrected chi connectivity index (χ2v) is 6.38. The summed E-state index contributed by atoms with van der Waals surface area (Å²) in [4.78, 5) is 9.99. The van der Waals surface area contributed by atoms with E-state index in [1.54, 1.807) is 4.72 Å². The summed E-state index contributed by atoms with van der Waals surface area (Å²) in [5, 5.41) is 39.6. The molecule has 5 N–H and O–H groups in total. The maximum absolute atomic E-state index is 11.0. The minimum absolute atomic E-state index is 0.0259. The molecule has 13 heteroatoms. The van der Waals surface area contributed by atoms with Crippen molar-refractivity contribution in [3.8, 4) is 5.75 Å². The Morgan fingerprint density at radius 3 is 2.32 bits per heavy atom. The summed E-state index contributed by atoms with van der Waals surface area (Å²) in [6.07, 6.45) is -6.24. The highest BCUT2D eigenvalue weighted by Crippen LogP contribution is 2.26. The van der Waals surface area contributed by atoms with Gasteiger partial charge < -0.3 is 24.8 Å². The first-order valence-corrected chi connectivity index (χ1v) is 8.34. The van der Waals surface area contributed by atoms with Crippen molar-refractivity contribution >= 4 is 16.0 Å². The first-order chi connectivity index (χ1) is 11.6. The van der Waals surface area contributed by atoms with E-state index in [1.165, 1.54) is 12.1 Å². The molecule has 0 radical (unpaired) electrons.